The molecule has 1 amide bonds. The second-order valence-corrected chi connectivity index (χ2v) is 5.28. The van der Waals surface area contributed by atoms with E-state index in [0.717, 1.165) is 24.4 Å². The smallest absolute Gasteiger partial charge is 0.358 e. The Morgan fingerprint density at radius 1 is 1.45 bits per heavy atom. The molecule has 6 nitrogen and oxygen atoms in total. The van der Waals surface area contributed by atoms with Gasteiger partial charge in [0, 0.05) is 26.2 Å². The Kier molecular flexibility index (Phi) is 4.72. The van der Waals surface area contributed by atoms with E-state index in [0.29, 0.717) is 5.82 Å². The quantitative estimate of drug-likeness (QED) is 0.892. The molecule has 1 fully saturated rings. The maximum absolute atomic E-state index is 12.4. The van der Waals surface area contributed by atoms with Crippen molar-refractivity contribution in [3.63, 3.8) is 0 Å². The highest BCUT2D eigenvalue weighted by Gasteiger charge is 2.30. The third kappa shape index (κ3) is 4.22. The average molecular weight is 317 g/mol. The van der Waals surface area contributed by atoms with E-state index >= 15 is 0 Å². The normalized spacial score (nSPS) is 16.0. The summed E-state index contributed by atoms with van der Waals surface area (Å²) < 4.78 is 37.2. The minimum atomic E-state index is -4.31. The van der Waals surface area contributed by atoms with Crippen molar-refractivity contribution in [1.29, 1.82) is 0 Å². The summed E-state index contributed by atoms with van der Waals surface area (Å²) in [6, 6.07) is 0.905. The highest BCUT2D eigenvalue weighted by molar-refractivity contribution is 5.84. The van der Waals surface area contributed by atoms with E-state index in [1.165, 1.54) is 19.4 Å². The molecule has 1 N–H and O–H groups in total. The molecule has 0 aromatic carbocycles. The van der Waals surface area contributed by atoms with Crippen LogP contribution in [0.3, 0.4) is 0 Å². The molecule has 1 aliphatic heterocycles. The van der Waals surface area contributed by atoms with E-state index < -0.39 is 18.8 Å². The lowest BCUT2D eigenvalue weighted by atomic mass is 10.2. The van der Waals surface area contributed by atoms with Gasteiger partial charge in [-0.15, -0.1) is 0 Å². The largest absolute Gasteiger partial charge is 0.405 e. The number of hydrogen-bond acceptors (Lipinski definition) is 5. The van der Waals surface area contributed by atoms with Crippen LogP contribution in [-0.4, -0.2) is 59.7 Å². The van der Waals surface area contributed by atoms with Gasteiger partial charge in [-0.2, -0.15) is 13.2 Å². The number of carbonyl (C=O) groups excluding carboxylic acids is 1. The summed E-state index contributed by atoms with van der Waals surface area (Å²) in [6.07, 6.45) is -2.14. The Morgan fingerprint density at radius 2 is 2.14 bits per heavy atom. The summed E-state index contributed by atoms with van der Waals surface area (Å²) in [7, 11) is 1.30. The molecule has 0 unspecified atom stereocenters. The van der Waals surface area contributed by atoms with Crippen molar-refractivity contribution in [1.82, 2.24) is 14.9 Å². The standard InChI is InChI=1S/C13H18F3N5O/c1-9(12(22)21-4-3-5-21)19-10-6-11(18-8-17-10)20(2)7-13(14,15)16/h6,8-9H,3-5,7H2,1-2H3,(H,17,18,19)/t9-/m1/s1. The topological polar surface area (TPSA) is 61.4 Å². The Morgan fingerprint density at radius 3 is 2.68 bits per heavy atom. The summed E-state index contributed by atoms with van der Waals surface area (Å²) in [5.41, 5.74) is 0. The first-order valence-corrected chi connectivity index (χ1v) is 6.91. The van der Waals surface area contributed by atoms with Crippen LogP contribution < -0.4 is 10.2 Å². The monoisotopic (exact) mass is 317 g/mol. The number of rotatable bonds is 5. The van der Waals surface area contributed by atoms with E-state index in [4.69, 9.17) is 0 Å². The van der Waals surface area contributed by atoms with Gasteiger partial charge in [0.1, 0.15) is 30.5 Å². The third-order valence-corrected chi connectivity index (χ3v) is 3.36. The fourth-order valence-corrected chi connectivity index (χ4v) is 2.08. The van der Waals surface area contributed by atoms with Gasteiger partial charge >= 0.3 is 6.18 Å². The number of aromatic nitrogens is 2. The summed E-state index contributed by atoms with van der Waals surface area (Å²) in [5.74, 6) is 0.411. The SMILES string of the molecule is C[C@@H](Nc1cc(N(C)CC(F)(F)F)ncn1)C(=O)N1CCC1. The maximum Gasteiger partial charge on any atom is 0.405 e. The molecule has 0 radical (unpaired) electrons. The molecule has 1 aliphatic rings. The van der Waals surface area contributed by atoms with Gasteiger partial charge < -0.3 is 15.1 Å². The van der Waals surface area contributed by atoms with Crippen molar-refractivity contribution < 1.29 is 18.0 Å². The number of carbonyl (C=O) groups is 1. The first-order chi connectivity index (χ1) is 10.3. The number of hydrogen-bond donors (Lipinski definition) is 1. The summed E-state index contributed by atoms with van der Waals surface area (Å²) >= 11 is 0. The minimum absolute atomic E-state index is 0.0462. The van der Waals surface area contributed by atoms with E-state index in [1.807, 2.05) is 0 Å². The van der Waals surface area contributed by atoms with Crippen molar-refractivity contribution >= 4 is 17.5 Å². The zero-order chi connectivity index (χ0) is 16.3. The number of nitrogens with one attached hydrogen (secondary N) is 1. The number of amides is 1. The van der Waals surface area contributed by atoms with Crippen molar-refractivity contribution in [3.8, 4) is 0 Å². The number of likely N-dealkylation sites (tertiary alicyclic amines) is 1. The minimum Gasteiger partial charge on any atom is -0.358 e. The zero-order valence-corrected chi connectivity index (χ0v) is 12.4. The first kappa shape index (κ1) is 16.3. The second kappa shape index (κ2) is 6.37. The van der Waals surface area contributed by atoms with E-state index in [1.54, 1.807) is 11.8 Å². The Balaban J connectivity index is 2.00. The summed E-state index contributed by atoms with van der Waals surface area (Å²) in [6.45, 7) is 2.08. The van der Waals surface area contributed by atoms with Gasteiger partial charge in [0.2, 0.25) is 5.91 Å². The molecule has 122 valence electrons. The van der Waals surface area contributed by atoms with E-state index in [-0.39, 0.29) is 11.7 Å². The Bertz CT molecular complexity index is 533. The van der Waals surface area contributed by atoms with Crippen molar-refractivity contribution in [3.05, 3.63) is 12.4 Å². The Labute approximate surface area is 126 Å². The molecule has 0 saturated carbocycles. The Hall–Kier alpha value is -2.06. The lowest BCUT2D eigenvalue weighted by molar-refractivity contribution is -0.135. The van der Waals surface area contributed by atoms with Crippen LogP contribution in [0, 0.1) is 0 Å². The van der Waals surface area contributed by atoms with Crippen LogP contribution in [-0.2, 0) is 4.79 Å². The molecular weight excluding hydrogens is 299 g/mol. The van der Waals surface area contributed by atoms with Crippen LogP contribution >= 0.6 is 0 Å². The lowest BCUT2D eigenvalue weighted by Gasteiger charge is -2.33. The fourth-order valence-electron chi connectivity index (χ4n) is 2.08. The molecule has 22 heavy (non-hydrogen) atoms. The predicted molar refractivity (Wildman–Crippen MR) is 75.6 cm³/mol. The van der Waals surface area contributed by atoms with E-state index in [2.05, 4.69) is 15.3 Å². The molecule has 0 spiro atoms. The average Bonchev–Trinajstić information content (AvgIpc) is 2.34. The zero-order valence-electron chi connectivity index (χ0n) is 12.4. The molecular formula is C13H18F3N5O. The molecule has 9 heteroatoms. The maximum atomic E-state index is 12.4. The predicted octanol–water partition coefficient (Wildman–Crippen LogP) is 1.51. The fraction of sp³-hybridized carbons (Fsp3) is 0.615. The van der Waals surface area contributed by atoms with Gasteiger partial charge in [0.15, 0.2) is 0 Å². The van der Waals surface area contributed by atoms with Gasteiger partial charge in [-0.05, 0) is 13.3 Å². The molecule has 1 saturated heterocycles. The number of halogens is 3. The van der Waals surface area contributed by atoms with Crippen LogP contribution in [0.5, 0.6) is 0 Å². The molecule has 0 aliphatic carbocycles. The highest BCUT2D eigenvalue weighted by Crippen LogP contribution is 2.20. The molecule has 1 atom stereocenters. The van der Waals surface area contributed by atoms with Gasteiger partial charge in [0.25, 0.3) is 0 Å². The van der Waals surface area contributed by atoms with E-state index in [9.17, 15) is 18.0 Å². The van der Waals surface area contributed by atoms with Crippen LogP contribution in [0.25, 0.3) is 0 Å². The van der Waals surface area contributed by atoms with Crippen molar-refractivity contribution in [2.24, 2.45) is 0 Å². The third-order valence-electron chi connectivity index (χ3n) is 3.36. The van der Waals surface area contributed by atoms with Gasteiger partial charge in [-0.25, -0.2) is 9.97 Å². The second-order valence-electron chi connectivity index (χ2n) is 5.28. The van der Waals surface area contributed by atoms with Crippen molar-refractivity contribution in [2.45, 2.75) is 25.6 Å². The summed E-state index contributed by atoms with van der Waals surface area (Å²) in [4.78, 5) is 22.5. The molecule has 2 heterocycles. The number of anilines is 2. The van der Waals surface area contributed by atoms with Gasteiger partial charge in [-0.3, -0.25) is 4.79 Å². The van der Waals surface area contributed by atoms with Crippen LogP contribution in [0.1, 0.15) is 13.3 Å². The molecule has 2 rings (SSSR count). The molecule has 0 bridgehead atoms. The first-order valence-electron chi connectivity index (χ1n) is 6.91. The molecule has 1 aromatic heterocycles. The van der Waals surface area contributed by atoms with Gasteiger partial charge in [-0.1, -0.05) is 0 Å². The number of nitrogens with zero attached hydrogens (tertiary/aromatic N) is 4. The number of alkyl halides is 3. The highest BCUT2D eigenvalue weighted by atomic mass is 19.4. The molecule has 1 aromatic rings. The van der Waals surface area contributed by atoms with Crippen LogP contribution in [0.2, 0.25) is 0 Å². The van der Waals surface area contributed by atoms with Crippen molar-refractivity contribution in [2.75, 3.05) is 36.9 Å². The van der Waals surface area contributed by atoms with Crippen LogP contribution in [0.15, 0.2) is 12.4 Å². The van der Waals surface area contributed by atoms with Gasteiger partial charge in [0.05, 0.1) is 0 Å². The lowest BCUT2D eigenvalue weighted by Crippen LogP contribution is -2.48. The van der Waals surface area contributed by atoms with Crippen LogP contribution in [0.4, 0.5) is 24.8 Å². The summed E-state index contributed by atoms with van der Waals surface area (Å²) in [5, 5.41) is 2.90.